The summed E-state index contributed by atoms with van der Waals surface area (Å²) in [5.74, 6) is 0. The normalized spacial score (nSPS) is 21.2. The zero-order valence-corrected chi connectivity index (χ0v) is 13.1. The van der Waals surface area contributed by atoms with Crippen molar-refractivity contribution in [2.75, 3.05) is 0 Å². The molecule has 0 atom stereocenters. The molecule has 0 saturated carbocycles. The summed E-state index contributed by atoms with van der Waals surface area (Å²) >= 11 is 0. The predicted molar refractivity (Wildman–Crippen MR) is 76.1 cm³/mol. The quantitative estimate of drug-likeness (QED) is 0.795. The van der Waals surface area contributed by atoms with E-state index in [0.717, 1.165) is 0 Å². The molecular formula is C12H19BN2O4S. The fourth-order valence-electron chi connectivity index (χ4n) is 2.04. The minimum atomic E-state index is -3.89. The van der Waals surface area contributed by atoms with E-state index in [0.29, 0.717) is 11.0 Å². The lowest BCUT2D eigenvalue weighted by molar-refractivity contribution is 0.00578. The van der Waals surface area contributed by atoms with Crippen LogP contribution in [0.15, 0.2) is 17.3 Å². The smallest absolute Gasteiger partial charge is 0.399 e. The van der Waals surface area contributed by atoms with Crippen LogP contribution in [0.1, 0.15) is 33.3 Å². The molecule has 1 aliphatic heterocycles. The third kappa shape index (κ3) is 2.48. The maximum absolute atomic E-state index is 11.7. The van der Waals surface area contributed by atoms with Crippen LogP contribution >= 0.6 is 0 Å². The molecule has 0 aliphatic carbocycles. The number of hydrogen-bond acceptors (Lipinski definition) is 5. The summed E-state index contributed by atoms with van der Waals surface area (Å²) in [7, 11) is -4.67. The highest BCUT2D eigenvalue weighted by atomic mass is 32.2. The summed E-state index contributed by atoms with van der Waals surface area (Å²) in [5, 5.41) is 5.25. The second kappa shape index (κ2) is 4.52. The summed E-state index contributed by atoms with van der Waals surface area (Å²) in [6.45, 7) is 9.36. The number of sulfonamides is 1. The van der Waals surface area contributed by atoms with Gasteiger partial charge in [0, 0.05) is 17.9 Å². The number of aryl methyl sites for hydroxylation is 1. The summed E-state index contributed by atoms with van der Waals surface area (Å²) in [5.41, 5.74) is -0.0254. The fraction of sp³-hybridized carbons (Fsp3) is 0.583. The van der Waals surface area contributed by atoms with Gasteiger partial charge in [0.2, 0.25) is 10.0 Å². The first-order valence-corrected chi connectivity index (χ1v) is 7.83. The molecule has 1 aromatic heterocycles. The zero-order chi connectivity index (χ0) is 15.3. The van der Waals surface area contributed by atoms with Gasteiger partial charge in [-0.25, -0.2) is 13.6 Å². The second-order valence-electron chi connectivity index (χ2n) is 6.00. The maximum atomic E-state index is 11.7. The van der Waals surface area contributed by atoms with Gasteiger partial charge in [-0.3, -0.25) is 4.98 Å². The van der Waals surface area contributed by atoms with Crippen molar-refractivity contribution in [1.29, 1.82) is 0 Å². The molecule has 1 fully saturated rings. The van der Waals surface area contributed by atoms with E-state index in [-0.39, 0.29) is 4.90 Å². The lowest BCUT2D eigenvalue weighted by atomic mass is 9.77. The average Bonchev–Trinajstić information content (AvgIpc) is 2.46. The molecule has 1 saturated heterocycles. The van der Waals surface area contributed by atoms with Crippen LogP contribution < -0.4 is 10.6 Å². The number of hydrogen-bond donors (Lipinski definition) is 1. The van der Waals surface area contributed by atoms with Crippen molar-refractivity contribution in [2.24, 2.45) is 5.14 Å². The minimum absolute atomic E-state index is 0.0593. The van der Waals surface area contributed by atoms with Crippen LogP contribution in [0.4, 0.5) is 0 Å². The molecule has 0 amide bonds. The lowest BCUT2D eigenvalue weighted by Gasteiger charge is -2.32. The van der Waals surface area contributed by atoms with Gasteiger partial charge in [0.05, 0.1) is 11.2 Å². The van der Waals surface area contributed by atoms with Gasteiger partial charge in [-0.15, -0.1) is 0 Å². The summed E-state index contributed by atoms with van der Waals surface area (Å²) in [6, 6.07) is 0. The number of aromatic nitrogens is 1. The number of pyridine rings is 1. The summed E-state index contributed by atoms with van der Waals surface area (Å²) < 4.78 is 35.2. The topological polar surface area (TPSA) is 91.5 Å². The van der Waals surface area contributed by atoms with Crippen LogP contribution in [0.3, 0.4) is 0 Å². The Morgan fingerprint density at radius 1 is 1.15 bits per heavy atom. The summed E-state index contributed by atoms with van der Waals surface area (Å²) in [6.07, 6.45) is 2.79. The highest BCUT2D eigenvalue weighted by Crippen LogP contribution is 2.37. The first-order valence-electron chi connectivity index (χ1n) is 6.29. The lowest BCUT2D eigenvalue weighted by Crippen LogP contribution is -2.41. The molecule has 0 unspecified atom stereocenters. The van der Waals surface area contributed by atoms with Crippen molar-refractivity contribution >= 4 is 22.6 Å². The Bertz CT molecular complexity index is 627. The van der Waals surface area contributed by atoms with Crippen molar-refractivity contribution in [3.8, 4) is 0 Å². The van der Waals surface area contributed by atoms with Crippen molar-refractivity contribution in [3.05, 3.63) is 18.0 Å². The van der Waals surface area contributed by atoms with E-state index in [1.807, 2.05) is 27.7 Å². The molecule has 20 heavy (non-hydrogen) atoms. The van der Waals surface area contributed by atoms with Crippen molar-refractivity contribution in [3.63, 3.8) is 0 Å². The Balaban J connectivity index is 2.56. The number of nitrogens with two attached hydrogens (primary N) is 1. The van der Waals surface area contributed by atoms with Crippen LogP contribution in [-0.4, -0.2) is 31.7 Å². The van der Waals surface area contributed by atoms with Gasteiger partial charge in [0.15, 0.2) is 0 Å². The molecule has 1 aliphatic rings. The Kier molecular flexibility index (Phi) is 3.49. The second-order valence-corrected chi connectivity index (χ2v) is 7.53. The molecule has 6 nitrogen and oxygen atoms in total. The van der Waals surface area contributed by atoms with E-state index in [1.165, 1.54) is 6.20 Å². The Morgan fingerprint density at radius 3 is 2.10 bits per heavy atom. The predicted octanol–water partition coefficient (Wildman–Crippen LogP) is 0.337. The maximum Gasteiger partial charge on any atom is 0.496 e. The van der Waals surface area contributed by atoms with E-state index in [1.54, 1.807) is 13.1 Å². The van der Waals surface area contributed by atoms with E-state index in [2.05, 4.69) is 4.98 Å². The molecule has 0 radical (unpaired) electrons. The van der Waals surface area contributed by atoms with Crippen molar-refractivity contribution < 1.29 is 17.7 Å². The van der Waals surface area contributed by atoms with Crippen LogP contribution in [-0.2, 0) is 19.3 Å². The van der Waals surface area contributed by atoms with Crippen LogP contribution in [0.2, 0.25) is 0 Å². The number of rotatable bonds is 2. The van der Waals surface area contributed by atoms with Crippen LogP contribution in [0.25, 0.3) is 0 Å². The van der Waals surface area contributed by atoms with E-state index < -0.39 is 28.3 Å². The van der Waals surface area contributed by atoms with E-state index in [9.17, 15) is 8.42 Å². The highest BCUT2D eigenvalue weighted by molar-refractivity contribution is 7.89. The molecule has 2 N–H and O–H groups in total. The Morgan fingerprint density at radius 2 is 1.65 bits per heavy atom. The van der Waals surface area contributed by atoms with Gasteiger partial charge in [-0.05, 0) is 40.2 Å². The van der Waals surface area contributed by atoms with E-state index >= 15 is 0 Å². The van der Waals surface area contributed by atoms with Crippen molar-refractivity contribution in [1.82, 2.24) is 4.98 Å². The standard InChI is InChI=1S/C12H19BN2O4S/c1-8-6-15-7-9(20(14,16)17)10(8)13-18-11(2,3)12(4,5)19-13/h6-7H,1-5H3,(H2,14,16,17). The van der Waals surface area contributed by atoms with Gasteiger partial charge in [-0.2, -0.15) is 0 Å². The van der Waals surface area contributed by atoms with E-state index in [4.69, 9.17) is 14.4 Å². The molecule has 1 aromatic rings. The Hall–Kier alpha value is -0.955. The van der Waals surface area contributed by atoms with Gasteiger partial charge < -0.3 is 9.31 Å². The monoisotopic (exact) mass is 298 g/mol. The molecule has 2 heterocycles. The van der Waals surface area contributed by atoms with Gasteiger partial charge in [0.25, 0.3) is 0 Å². The SMILES string of the molecule is Cc1cncc(S(N)(=O)=O)c1B1OC(C)(C)C(C)(C)O1. The third-order valence-electron chi connectivity index (χ3n) is 3.95. The highest BCUT2D eigenvalue weighted by Gasteiger charge is 2.53. The van der Waals surface area contributed by atoms with Gasteiger partial charge in [-0.1, -0.05) is 0 Å². The minimum Gasteiger partial charge on any atom is -0.399 e. The van der Waals surface area contributed by atoms with Gasteiger partial charge >= 0.3 is 7.12 Å². The number of primary sulfonamides is 1. The Labute approximate surface area is 119 Å². The first kappa shape index (κ1) is 15.4. The molecule has 0 aromatic carbocycles. The van der Waals surface area contributed by atoms with Crippen LogP contribution in [0.5, 0.6) is 0 Å². The van der Waals surface area contributed by atoms with Gasteiger partial charge in [0.1, 0.15) is 4.90 Å². The van der Waals surface area contributed by atoms with Crippen LogP contribution in [0, 0.1) is 6.92 Å². The van der Waals surface area contributed by atoms with Crippen molar-refractivity contribution in [2.45, 2.75) is 50.7 Å². The largest absolute Gasteiger partial charge is 0.496 e. The fourth-order valence-corrected chi connectivity index (χ4v) is 2.81. The molecule has 0 bridgehead atoms. The average molecular weight is 298 g/mol. The molecule has 0 spiro atoms. The first-order chi connectivity index (χ1) is 8.96. The summed E-state index contributed by atoms with van der Waals surface area (Å²) in [4.78, 5) is 3.83. The molecule has 2 rings (SSSR count). The third-order valence-corrected chi connectivity index (χ3v) is 4.88. The number of nitrogens with zero attached hydrogens (tertiary/aromatic N) is 1. The molecule has 8 heteroatoms. The molecule has 110 valence electrons. The molecular weight excluding hydrogens is 279 g/mol. The zero-order valence-electron chi connectivity index (χ0n) is 12.3.